The Morgan fingerprint density at radius 2 is 1.90 bits per heavy atom. The van der Waals surface area contributed by atoms with Gasteiger partial charge in [0.05, 0.1) is 12.2 Å². The van der Waals surface area contributed by atoms with Crippen molar-refractivity contribution in [2.24, 2.45) is 0 Å². The summed E-state index contributed by atoms with van der Waals surface area (Å²) in [5, 5.41) is 2.89. The molecule has 1 N–H and O–H groups in total. The summed E-state index contributed by atoms with van der Waals surface area (Å²) in [5.41, 5.74) is 2.07. The molecule has 7 heteroatoms. The lowest BCUT2D eigenvalue weighted by Crippen LogP contribution is -2.48. The monoisotopic (exact) mass is 410 g/mol. The standard InChI is InChI=1S/C22H22N2O4S/c1-2-28-21(27)15-8-10-17(11-9-15)23-20(26)18-14-29-22(13-12-19(25)24(18)22)16-6-4-3-5-7-16/h3-11,18H,2,12-14H2,1H3,(H,23,26)/t18-,22+/m0/s1. The first-order valence-electron chi connectivity index (χ1n) is 9.65. The van der Waals surface area contributed by atoms with E-state index in [1.807, 2.05) is 30.3 Å². The van der Waals surface area contributed by atoms with Gasteiger partial charge in [0, 0.05) is 17.9 Å². The number of nitrogens with zero attached hydrogens (tertiary/aromatic N) is 1. The van der Waals surface area contributed by atoms with E-state index in [4.69, 9.17) is 4.74 Å². The maximum Gasteiger partial charge on any atom is 0.338 e. The van der Waals surface area contributed by atoms with Gasteiger partial charge in [-0.1, -0.05) is 30.3 Å². The van der Waals surface area contributed by atoms with Crippen LogP contribution in [0.2, 0.25) is 0 Å². The lowest BCUT2D eigenvalue weighted by atomic mass is 10.0. The van der Waals surface area contributed by atoms with Gasteiger partial charge in [0.25, 0.3) is 0 Å². The van der Waals surface area contributed by atoms with Crippen molar-refractivity contribution in [2.75, 3.05) is 17.7 Å². The normalized spacial score (nSPS) is 23.0. The molecule has 0 spiro atoms. The Balaban J connectivity index is 1.51. The first-order valence-corrected chi connectivity index (χ1v) is 10.6. The molecule has 0 aliphatic carbocycles. The average Bonchev–Trinajstić information content (AvgIpc) is 3.29. The predicted molar refractivity (Wildman–Crippen MR) is 111 cm³/mol. The van der Waals surface area contributed by atoms with Crippen molar-refractivity contribution in [3.63, 3.8) is 0 Å². The van der Waals surface area contributed by atoms with Crippen LogP contribution in [-0.2, 0) is 19.2 Å². The number of esters is 1. The van der Waals surface area contributed by atoms with Gasteiger partial charge in [-0.05, 0) is 43.2 Å². The van der Waals surface area contributed by atoms with Gasteiger partial charge in [0.15, 0.2) is 0 Å². The minimum Gasteiger partial charge on any atom is -0.462 e. The van der Waals surface area contributed by atoms with Crippen LogP contribution in [0.25, 0.3) is 0 Å². The fourth-order valence-electron chi connectivity index (χ4n) is 3.97. The number of hydrogen-bond acceptors (Lipinski definition) is 5. The number of carbonyl (C=O) groups excluding carboxylic acids is 3. The number of rotatable bonds is 5. The molecule has 0 unspecified atom stereocenters. The SMILES string of the molecule is CCOC(=O)c1ccc(NC(=O)[C@@H]2CS[C@@]3(c4ccccc4)CCC(=O)N23)cc1. The molecule has 0 bridgehead atoms. The second-order valence-corrected chi connectivity index (χ2v) is 8.33. The lowest BCUT2D eigenvalue weighted by molar-refractivity contribution is -0.136. The number of nitrogens with one attached hydrogen (secondary N) is 1. The van der Waals surface area contributed by atoms with Crippen LogP contribution >= 0.6 is 11.8 Å². The van der Waals surface area contributed by atoms with Gasteiger partial charge in [0.2, 0.25) is 11.8 Å². The maximum absolute atomic E-state index is 13.0. The molecule has 2 amide bonds. The molecular weight excluding hydrogens is 388 g/mol. The second-order valence-electron chi connectivity index (χ2n) is 7.03. The summed E-state index contributed by atoms with van der Waals surface area (Å²) in [5.74, 6) is -0.0492. The van der Waals surface area contributed by atoms with Crippen molar-refractivity contribution in [2.45, 2.75) is 30.7 Å². The minimum absolute atomic E-state index is 0.0108. The van der Waals surface area contributed by atoms with E-state index in [2.05, 4.69) is 5.32 Å². The molecule has 2 aromatic carbocycles. The van der Waals surface area contributed by atoms with Crippen molar-refractivity contribution in [1.82, 2.24) is 4.90 Å². The van der Waals surface area contributed by atoms with E-state index in [1.54, 1.807) is 47.9 Å². The number of anilines is 1. The molecule has 2 aromatic rings. The maximum atomic E-state index is 13.0. The zero-order valence-corrected chi connectivity index (χ0v) is 16.9. The number of carbonyl (C=O) groups is 3. The van der Waals surface area contributed by atoms with Gasteiger partial charge in [-0.25, -0.2) is 4.79 Å². The van der Waals surface area contributed by atoms with Crippen LogP contribution in [0.15, 0.2) is 54.6 Å². The van der Waals surface area contributed by atoms with E-state index in [0.717, 1.165) is 5.56 Å². The molecule has 2 fully saturated rings. The summed E-state index contributed by atoms with van der Waals surface area (Å²) in [6.45, 7) is 2.06. The third kappa shape index (κ3) is 3.51. The summed E-state index contributed by atoms with van der Waals surface area (Å²) >= 11 is 1.66. The van der Waals surface area contributed by atoms with Crippen LogP contribution in [0.5, 0.6) is 0 Å². The van der Waals surface area contributed by atoms with Crippen molar-refractivity contribution in [3.05, 3.63) is 65.7 Å². The van der Waals surface area contributed by atoms with Crippen LogP contribution in [-0.4, -0.2) is 41.1 Å². The fourth-order valence-corrected chi connectivity index (χ4v) is 5.62. The van der Waals surface area contributed by atoms with Crippen LogP contribution in [0.3, 0.4) is 0 Å². The lowest BCUT2D eigenvalue weighted by Gasteiger charge is -2.34. The number of ether oxygens (including phenoxy) is 1. The first kappa shape index (κ1) is 19.5. The molecule has 0 saturated carbocycles. The Hall–Kier alpha value is -2.80. The van der Waals surface area contributed by atoms with E-state index in [-0.39, 0.29) is 11.8 Å². The van der Waals surface area contributed by atoms with E-state index in [0.29, 0.717) is 36.5 Å². The smallest absolute Gasteiger partial charge is 0.338 e. The van der Waals surface area contributed by atoms with Gasteiger partial charge in [0.1, 0.15) is 10.9 Å². The topological polar surface area (TPSA) is 75.7 Å². The number of benzene rings is 2. The molecule has 29 heavy (non-hydrogen) atoms. The third-order valence-electron chi connectivity index (χ3n) is 5.32. The predicted octanol–water partition coefficient (Wildman–Crippen LogP) is 3.39. The first-order chi connectivity index (χ1) is 14.0. The highest BCUT2D eigenvalue weighted by atomic mass is 32.2. The molecular formula is C22H22N2O4S. The summed E-state index contributed by atoms with van der Waals surface area (Å²) in [6, 6.07) is 16.0. The Bertz CT molecular complexity index is 932. The number of amides is 2. The van der Waals surface area contributed by atoms with Crippen LogP contribution < -0.4 is 5.32 Å². The van der Waals surface area contributed by atoms with E-state index >= 15 is 0 Å². The molecule has 6 nitrogen and oxygen atoms in total. The zero-order chi connectivity index (χ0) is 20.4. The summed E-state index contributed by atoms with van der Waals surface area (Å²) in [4.78, 5) is 38.7. The van der Waals surface area contributed by atoms with Crippen LogP contribution in [0.4, 0.5) is 5.69 Å². The van der Waals surface area contributed by atoms with Crippen LogP contribution in [0, 0.1) is 0 Å². The number of thioether (sulfide) groups is 1. The molecule has 150 valence electrons. The Kier molecular flexibility index (Phi) is 5.32. The van der Waals surface area contributed by atoms with Gasteiger partial charge in [-0.2, -0.15) is 0 Å². The Morgan fingerprint density at radius 1 is 1.17 bits per heavy atom. The minimum atomic E-state index is -0.528. The molecule has 2 atom stereocenters. The van der Waals surface area contributed by atoms with E-state index in [9.17, 15) is 14.4 Å². The van der Waals surface area contributed by atoms with Crippen molar-refractivity contribution >= 4 is 35.2 Å². The quantitative estimate of drug-likeness (QED) is 0.765. The molecule has 4 rings (SSSR count). The fraction of sp³-hybridized carbons (Fsp3) is 0.318. The summed E-state index contributed by atoms with van der Waals surface area (Å²) in [7, 11) is 0. The highest BCUT2D eigenvalue weighted by Gasteiger charge is 2.56. The Morgan fingerprint density at radius 3 is 2.59 bits per heavy atom. The van der Waals surface area contributed by atoms with Crippen molar-refractivity contribution < 1.29 is 19.1 Å². The number of hydrogen-bond donors (Lipinski definition) is 1. The largest absolute Gasteiger partial charge is 0.462 e. The van der Waals surface area contributed by atoms with Gasteiger partial charge < -0.3 is 15.0 Å². The third-order valence-corrected chi connectivity index (χ3v) is 6.91. The second kappa shape index (κ2) is 7.91. The molecule has 2 aliphatic heterocycles. The summed E-state index contributed by atoms with van der Waals surface area (Å²) in [6.07, 6.45) is 1.15. The molecule has 2 heterocycles. The van der Waals surface area contributed by atoms with Gasteiger partial charge >= 0.3 is 5.97 Å². The number of fused-ring (bicyclic) bond motifs is 1. The molecule has 2 saturated heterocycles. The van der Waals surface area contributed by atoms with Crippen LogP contribution in [0.1, 0.15) is 35.7 Å². The van der Waals surface area contributed by atoms with E-state index in [1.165, 1.54) is 0 Å². The molecule has 2 aliphatic rings. The molecule has 0 radical (unpaired) electrons. The molecule has 0 aromatic heterocycles. The van der Waals surface area contributed by atoms with Gasteiger partial charge in [-0.3, -0.25) is 9.59 Å². The van der Waals surface area contributed by atoms with Crippen molar-refractivity contribution in [1.29, 1.82) is 0 Å². The highest BCUT2D eigenvalue weighted by Crippen LogP contribution is 2.54. The summed E-state index contributed by atoms with van der Waals surface area (Å²) < 4.78 is 4.97. The zero-order valence-electron chi connectivity index (χ0n) is 16.1. The Labute approximate surface area is 173 Å². The average molecular weight is 410 g/mol. The van der Waals surface area contributed by atoms with Gasteiger partial charge in [-0.15, -0.1) is 11.8 Å². The highest BCUT2D eigenvalue weighted by molar-refractivity contribution is 8.00. The van der Waals surface area contributed by atoms with Crippen molar-refractivity contribution in [3.8, 4) is 0 Å². The van der Waals surface area contributed by atoms with E-state index < -0.39 is 16.9 Å².